The van der Waals surface area contributed by atoms with Crippen LogP contribution >= 0.6 is 0 Å². The molecule has 4 atom stereocenters. The average molecular weight is 248 g/mol. The van der Waals surface area contributed by atoms with Crippen molar-refractivity contribution in [2.24, 2.45) is 28.6 Å². The molecule has 0 aromatic rings. The monoisotopic (exact) mass is 248 g/mol. The Labute approximate surface area is 110 Å². The van der Waals surface area contributed by atoms with Gasteiger partial charge < -0.3 is 4.74 Å². The highest BCUT2D eigenvalue weighted by atomic mass is 16.5. The summed E-state index contributed by atoms with van der Waals surface area (Å²) in [7, 11) is 0. The van der Waals surface area contributed by atoms with Gasteiger partial charge in [0.25, 0.3) is 0 Å². The van der Waals surface area contributed by atoms with Gasteiger partial charge in [-0.3, -0.25) is 4.79 Å². The van der Waals surface area contributed by atoms with Crippen molar-refractivity contribution in [3.05, 3.63) is 13.0 Å². The molecule has 4 unspecified atom stereocenters. The maximum Gasteiger partial charge on any atom is 0.173 e. The van der Waals surface area contributed by atoms with Crippen LogP contribution in [0.3, 0.4) is 0 Å². The van der Waals surface area contributed by atoms with Crippen molar-refractivity contribution in [2.75, 3.05) is 0 Å². The maximum atomic E-state index is 12.6. The summed E-state index contributed by atoms with van der Waals surface area (Å²) in [5.41, 5.74) is -0.0205. The molecule has 4 rings (SSSR count). The van der Waals surface area contributed by atoms with Gasteiger partial charge in [0.2, 0.25) is 0 Å². The molecular weight excluding hydrogens is 224 g/mol. The number of ether oxygens (including phenoxy) is 1. The van der Waals surface area contributed by atoms with E-state index in [4.69, 9.17) is 4.74 Å². The van der Waals surface area contributed by atoms with Crippen LogP contribution in [0, 0.1) is 41.6 Å². The number of ketones is 1. The fourth-order valence-electron chi connectivity index (χ4n) is 4.39. The van der Waals surface area contributed by atoms with Gasteiger partial charge >= 0.3 is 0 Å². The number of carbonyl (C=O) groups excluding carboxylic acids is 1. The van der Waals surface area contributed by atoms with Crippen molar-refractivity contribution in [1.29, 1.82) is 0 Å². The Morgan fingerprint density at radius 3 is 2.50 bits per heavy atom. The highest BCUT2D eigenvalue weighted by molar-refractivity contribution is 5.95. The molecule has 100 valence electrons. The van der Waals surface area contributed by atoms with Crippen molar-refractivity contribution >= 4 is 5.78 Å². The summed E-state index contributed by atoms with van der Waals surface area (Å²) in [5.74, 6) is 1.90. The van der Waals surface area contributed by atoms with Crippen LogP contribution in [0.4, 0.5) is 0 Å². The zero-order chi connectivity index (χ0) is 13.3. The summed E-state index contributed by atoms with van der Waals surface area (Å²) < 4.78 is 6.06. The molecule has 2 saturated heterocycles. The molecule has 4 aliphatic rings. The van der Waals surface area contributed by atoms with Gasteiger partial charge in [0.1, 0.15) is 0 Å². The lowest BCUT2D eigenvalue weighted by Crippen LogP contribution is -2.45. The summed E-state index contributed by atoms with van der Waals surface area (Å²) >= 11 is 0. The molecule has 2 aliphatic heterocycles. The predicted molar refractivity (Wildman–Crippen MR) is 70.4 cm³/mol. The zero-order valence-corrected chi connectivity index (χ0v) is 12.0. The maximum absolute atomic E-state index is 12.6. The lowest BCUT2D eigenvalue weighted by atomic mass is 9.72. The molecule has 0 N–H and O–H groups in total. The lowest BCUT2D eigenvalue weighted by Gasteiger charge is -2.42. The minimum absolute atomic E-state index is 0.202. The minimum Gasteiger partial charge on any atom is -0.360 e. The molecule has 0 aromatic carbocycles. The standard InChI is InChI=1S/C16H24O2/c1-6-15(2,3)14(17)13-9-7-11-12(18-13)8-10(9)16(11,4)5/h9-12H,1,6-8H2,2-5H3. The first-order chi connectivity index (χ1) is 8.29. The van der Waals surface area contributed by atoms with E-state index in [2.05, 4.69) is 20.8 Å². The molecule has 2 radical (unpaired) electrons. The van der Waals surface area contributed by atoms with Gasteiger partial charge in [0.05, 0.1) is 6.10 Å². The van der Waals surface area contributed by atoms with Crippen LogP contribution in [-0.4, -0.2) is 11.9 Å². The van der Waals surface area contributed by atoms with Crippen molar-refractivity contribution in [3.63, 3.8) is 0 Å². The van der Waals surface area contributed by atoms with Crippen molar-refractivity contribution in [1.82, 2.24) is 0 Å². The van der Waals surface area contributed by atoms with Gasteiger partial charge in [0.15, 0.2) is 11.9 Å². The predicted octanol–water partition coefficient (Wildman–Crippen LogP) is 3.42. The van der Waals surface area contributed by atoms with Gasteiger partial charge in [-0.15, -0.1) is 0 Å². The van der Waals surface area contributed by atoms with E-state index in [-0.39, 0.29) is 11.2 Å². The van der Waals surface area contributed by atoms with E-state index < -0.39 is 0 Å². The number of rotatable bonds is 3. The third-order valence-corrected chi connectivity index (χ3v) is 5.92. The normalized spacial score (nSPS) is 41.6. The Balaban J connectivity index is 1.86. The van der Waals surface area contributed by atoms with E-state index in [0.717, 1.165) is 18.9 Å². The highest BCUT2D eigenvalue weighted by Crippen LogP contribution is 2.67. The van der Waals surface area contributed by atoms with Crippen molar-refractivity contribution in [2.45, 2.75) is 53.1 Å². The fraction of sp³-hybridized carbons (Fsp3) is 0.812. The Bertz CT molecular complexity index is 383. The van der Waals surface area contributed by atoms with Crippen LogP contribution in [-0.2, 0) is 9.53 Å². The second-order valence-electron chi connectivity index (χ2n) is 7.60. The number of fused-ring (bicyclic) bond motifs is 1. The second kappa shape index (κ2) is 3.59. The van der Waals surface area contributed by atoms with Crippen LogP contribution in [0.25, 0.3) is 0 Å². The molecule has 4 bridgehead atoms. The molecule has 0 aromatic heterocycles. The minimum atomic E-state index is -0.374. The largest absolute Gasteiger partial charge is 0.360 e. The SMILES string of the molecule is [CH2]CC(C)(C)C(=O)[C]1OC2CC3C1CC2C3(C)C. The number of hydrogen-bond donors (Lipinski definition) is 0. The van der Waals surface area contributed by atoms with Crippen LogP contribution < -0.4 is 0 Å². The zero-order valence-electron chi connectivity index (χ0n) is 12.0. The highest BCUT2D eigenvalue weighted by Gasteiger charge is 2.66. The lowest BCUT2D eigenvalue weighted by molar-refractivity contribution is -0.144. The summed E-state index contributed by atoms with van der Waals surface area (Å²) in [6.45, 7) is 12.6. The number of carbonyl (C=O) groups is 1. The first-order valence-electron chi connectivity index (χ1n) is 7.16. The molecule has 2 heterocycles. The second-order valence-corrected chi connectivity index (χ2v) is 7.60. The van der Waals surface area contributed by atoms with Gasteiger partial charge in [-0.1, -0.05) is 34.6 Å². The van der Waals surface area contributed by atoms with Gasteiger partial charge in [-0.25, -0.2) is 0 Å². The van der Waals surface area contributed by atoms with E-state index in [1.165, 1.54) is 0 Å². The quantitative estimate of drug-likeness (QED) is 0.765. The Hall–Kier alpha value is -0.370. The third-order valence-electron chi connectivity index (χ3n) is 5.92. The molecule has 2 saturated carbocycles. The molecule has 2 aliphatic carbocycles. The number of hydrogen-bond acceptors (Lipinski definition) is 2. The van der Waals surface area contributed by atoms with Crippen LogP contribution in [0.5, 0.6) is 0 Å². The average Bonchev–Trinajstić information content (AvgIpc) is 2.71. The smallest absolute Gasteiger partial charge is 0.173 e. The molecule has 4 fully saturated rings. The summed E-state index contributed by atoms with van der Waals surface area (Å²) in [6.07, 6.45) is 4.04. The van der Waals surface area contributed by atoms with E-state index in [0.29, 0.717) is 35.7 Å². The van der Waals surface area contributed by atoms with Crippen molar-refractivity contribution in [3.8, 4) is 0 Å². The van der Waals surface area contributed by atoms with E-state index in [1.807, 2.05) is 13.8 Å². The molecule has 18 heavy (non-hydrogen) atoms. The summed E-state index contributed by atoms with van der Waals surface area (Å²) in [6, 6.07) is 0. The van der Waals surface area contributed by atoms with E-state index in [1.54, 1.807) is 0 Å². The summed E-state index contributed by atoms with van der Waals surface area (Å²) in [4.78, 5) is 12.6. The third kappa shape index (κ3) is 1.41. The van der Waals surface area contributed by atoms with E-state index in [9.17, 15) is 4.79 Å². The van der Waals surface area contributed by atoms with Crippen LogP contribution in [0.2, 0.25) is 0 Å². The Morgan fingerprint density at radius 2 is 2.06 bits per heavy atom. The first kappa shape index (κ1) is 12.7. The molecule has 2 heteroatoms. The molecule has 0 spiro atoms. The van der Waals surface area contributed by atoms with E-state index >= 15 is 0 Å². The molecule has 2 nitrogen and oxygen atoms in total. The summed E-state index contributed by atoms with van der Waals surface area (Å²) in [5, 5.41) is 0. The number of Topliss-reactive ketones (excluding diaryl/α,β-unsaturated/α-hetero) is 1. The topological polar surface area (TPSA) is 26.3 Å². The van der Waals surface area contributed by atoms with Gasteiger partial charge in [-0.05, 0) is 36.5 Å². The first-order valence-corrected chi connectivity index (χ1v) is 7.16. The van der Waals surface area contributed by atoms with Gasteiger partial charge in [-0.2, -0.15) is 0 Å². The molecular formula is C16H24O2. The van der Waals surface area contributed by atoms with Gasteiger partial charge in [0, 0.05) is 11.3 Å². The Morgan fingerprint density at radius 1 is 1.39 bits per heavy atom. The van der Waals surface area contributed by atoms with Crippen LogP contribution in [0.1, 0.15) is 47.0 Å². The van der Waals surface area contributed by atoms with Crippen molar-refractivity contribution < 1.29 is 9.53 Å². The molecule has 0 amide bonds. The van der Waals surface area contributed by atoms with Crippen LogP contribution in [0.15, 0.2) is 0 Å². The Kier molecular flexibility index (Phi) is 2.53. The fourth-order valence-corrected chi connectivity index (χ4v) is 4.39.